The number of carbonyl (C=O) groups excluding carboxylic acids is 1. The molecule has 1 fully saturated rings. The van der Waals surface area contributed by atoms with Gasteiger partial charge in [0.05, 0.1) is 12.6 Å². The van der Waals surface area contributed by atoms with Crippen molar-refractivity contribution in [3.8, 4) is 12.3 Å². The van der Waals surface area contributed by atoms with Crippen LogP contribution in [0.1, 0.15) is 26.7 Å². The Labute approximate surface area is 85.4 Å². The first-order valence-corrected chi connectivity index (χ1v) is 5.02. The van der Waals surface area contributed by atoms with E-state index in [2.05, 4.69) is 5.92 Å². The minimum atomic E-state index is -0.287. The predicted octanol–water partition coefficient (Wildman–Crippen LogP) is 1.88. The van der Waals surface area contributed by atoms with E-state index in [0.29, 0.717) is 12.5 Å². The van der Waals surface area contributed by atoms with Crippen LogP contribution in [0.4, 0.5) is 4.79 Å². The molecule has 3 nitrogen and oxygen atoms in total. The predicted molar refractivity (Wildman–Crippen MR) is 54.7 cm³/mol. The van der Waals surface area contributed by atoms with Crippen LogP contribution in [-0.4, -0.2) is 30.2 Å². The standard InChI is InChI=1S/C11H17NO2/c1-4-7-12(8-10-5-6-10)11(13)14-9(2)3/h1,9-10H,5-8H2,2-3H3. The number of hydrogen-bond acceptors (Lipinski definition) is 2. The summed E-state index contributed by atoms with van der Waals surface area (Å²) in [5.41, 5.74) is 0. The molecule has 1 saturated carbocycles. The second-order valence-corrected chi connectivity index (χ2v) is 3.96. The number of carbonyl (C=O) groups is 1. The summed E-state index contributed by atoms with van der Waals surface area (Å²) in [5, 5.41) is 0. The fourth-order valence-electron chi connectivity index (χ4n) is 1.20. The second kappa shape index (κ2) is 4.90. The van der Waals surface area contributed by atoms with Crippen LogP contribution in [0.25, 0.3) is 0 Å². The van der Waals surface area contributed by atoms with Crippen LogP contribution >= 0.6 is 0 Å². The highest BCUT2D eigenvalue weighted by atomic mass is 16.6. The lowest BCUT2D eigenvalue weighted by atomic mass is 10.4. The van der Waals surface area contributed by atoms with Gasteiger partial charge in [0.1, 0.15) is 0 Å². The molecule has 0 heterocycles. The van der Waals surface area contributed by atoms with Gasteiger partial charge in [-0.1, -0.05) is 5.92 Å². The number of hydrogen-bond donors (Lipinski definition) is 0. The molecular weight excluding hydrogens is 178 g/mol. The number of rotatable bonds is 4. The van der Waals surface area contributed by atoms with Crippen LogP contribution in [-0.2, 0) is 4.74 Å². The Bertz CT molecular complexity index is 238. The van der Waals surface area contributed by atoms with Crippen molar-refractivity contribution in [1.82, 2.24) is 4.90 Å². The first-order chi connectivity index (χ1) is 6.63. The van der Waals surface area contributed by atoms with Gasteiger partial charge in [0.25, 0.3) is 0 Å². The van der Waals surface area contributed by atoms with Gasteiger partial charge in [0.2, 0.25) is 0 Å². The number of amides is 1. The summed E-state index contributed by atoms with van der Waals surface area (Å²) in [4.78, 5) is 13.1. The van der Waals surface area contributed by atoms with Gasteiger partial charge in [-0.15, -0.1) is 6.42 Å². The molecule has 0 unspecified atom stereocenters. The van der Waals surface area contributed by atoms with Gasteiger partial charge in [-0.05, 0) is 32.6 Å². The molecule has 0 aromatic heterocycles. The zero-order valence-corrected chi connectivity index (χ0v) is 8.82. The van der Waals surface area contributed by atoms with Crippen molar-refractivity contribution in [1.29, 1.82) is 0 Å². The maximum atomic E-state index is 11.5. The molecule has 1 rings (SSSR count). The summed E-state index contributed by atoms with van der Waals surface area (Å²) in [6.45, 7) is 4.77. The van der Waals surface area contributed by atoms with Crippen molar-refractivity contribution in [3.05, 3.63) is 0 Å². The van der Waals surface area contributed by atoms with E-state index in [1.165, 1.54) is 12.8 Å². The number of nitrogens with zero attached hydrogens (tertiary/aromatic N) is 1. The van der Waals surface area contributed by atoms with Crippen molar-refractivity contribution < 1.29 is 9.53 Å². The van der Waals surface area contributed by atoms with E-state index in [0.717, 1.165) is 6.54 Å². The highest BCUT2D eigenvalue weighted by Gasteiger charge is 2.27. The molecular formula is C11H17NO2. The molecule has 3 heteroatoms. The lowest BCUT2D eigenvalue weighted by Crippen LogP contribution is -2.35. The Hall–Kier alpha value is -1.17. The molecule has 14 heavy (non-hydrogen) atoms. The average Bonchev–Trinajstić information content (AvgIpc) is 2.86. The first-order valence-electron chi connectivity index (χ1n) is 5.02. The molecule has 1 aliphatic rings. The summed E-state index contributed by atoms with van der Waals surface area (Å²) in [6.07, 6.45) is 7.23. The highest BCUT2D eigenvalue weighted by Crippen LogP contribution is 2.29. The Morgan fingerprint density at radius 1 is 1.64 bits per heavy atom. The SMILES string of the molecule is C#CCN(CC1CC1)C(=O)OC(C)C. The zero-order valence-electron chi connectivity index (χ0n) is 8.82. The van der Waals surface area contributed by atoms with Crippen LogP contribution in [0.15, 0.2) is 0 Å². The van der Waals surface area contributed by atoms with Crippen molar-refractivity contribution in [2.24, 2.45) is 5.92 Å². The fraction of sp³-hybridized carbons (Fsp3) is 0.727. The van der Waals surface area contributed by atoms with E-state index in [9.17, 15) is 4.79 Å². The van der Waals surface area contributed by atoms with Gasteiger partial charge in [-0.2, -0.15) is 0 Å². The highest BCUT2D eigenvalue weighted by molar-refractivity contribution is 5.68. The monoisotopic (exact) mass is 195 g/mol. The summed E-state index contributed by atoms with van der Waals surface area (Å²) in [5.74, 6) is 3.12. The molecule has 0 atom stereocenters. The molecule has 1 aliphatic carbocycles. The molecule has 0 aliphatic heterocycles. The van der Waals surface area contributed by atoms with E-state index in [4.69, 9.17) is 11.2 Å². The third kappa shape index (κ3) is 3.69. The molecule has 0 N–H and O–H groups in total. The van der Waals surface area contributed by atoms with Gasteiger partial charge >= 0.3 is 6.09 Å². The van der Waals surface area contributed by atoms with Crippen LogP contribution < -0.4 is 0 Å². The van der Waals surface area contributed by atoms with Gasteiger partial charge in [-0.3, -0.25) is 4.90 Å². The van der Waals surface area contributed by atoms with E-state index in [-0.39, 0.29) is 12.2 Å². The van der Waals surface area contributed by atoms with Crippen LogP contribution in [0, 0.1) is 18.3 Å². The molecule has 0 spiro atoms. The fourth-order valence-corrected chi connectivity index (χ4v) is 1.20. The first kappa shape index (κ1) is 10.9. The van der Waals surface area contributed by atoms with Gasteiger partial charge in [-0.25, -0.2) is 4.79 Å². The van der Waals surface area contributed by atoms with Gasteiger partial charge in [0, 0.05) is 6.54 Å². The van der Waals surface area contributed by atoms with Crippen LogP contribution in [0.2, 0.25) is 0 Å². The Balaban J connectivity index is 2.39. The summed E-state index contributed by atoms with van der Waals surface area (Å²) in [6, 6.07) is 0. The Morgan fingerprint density at radius 2 is 2.29 bits per heavy atom. The van der Waals surface area contributed by atoms with E-state index >= 15 is 0 Å². The van der Waals surface area contributed by atoms with Crippen molar-refractivity contribution >= 4 is 6.09 Å². The quantitative estimate of drug-likeness (QED) is 0.641. The van der Waals surface area contributed by atoms with Gasteiger partial charge < -0.3 is 4.74 Å². The zero-order chi connectivity index (χ0) is 10.6. The van der Waals surface area contributed by atoms with E-state index in [1.807, 2.05) is 13.8 Å². The lowest BCUT2D eigenvalue weighted by Gasteiger charge is -2.20. The average molecular weight is 195 g/mol. The number of ether oxygens (including phenoxy) is 1. The molecule has 0 bridgehead atoms. The van der Waals surface area contributed by atoms with Crippen LogP contribution in [0.3, 0.4) is 0 Å². The molecule has 0 saturated heterocycles. The van der Waals surface area contributed by atoms with E-state index in [1.54, 1.807) is 4.90 Å². The topological polar surface area (TPSA) is 29.5 Å². The van der Waals surface area contributed by atoms with Crippen molar-refractivity contribution in [2.75, 3.05) is 13.1 Å². The molecule has 78 valence electrons. The molecule has 0 aromatic carbocycles. The van der Waals surface area contributed by atoms with Gasteiger partial charge in [0.15, 0.2) is 0 Å². The Kier molecular flexibility index (Phi) is 3.82. The lowest BCUT2D eigenvalue weighted by molar-refractivity contribution is 0.0794. The molecule has 0 aromatic rings. The number of terminal acetylenes is 1. The largest absolute Gasteiger partial charge is 0.447 e. The third-order valence-corrected chi connectivity index (χ3v) is 2.05. The minimum absolute atomic E-state index is 0.0815. The van der Waals surface area contributed by atoms with Crippen LogP contribution in [0.5, 0.6) is 0 Å². The minimum Gasteiger partial charge on any atom is -0.447 e. The smallest absolute Gasteiger partial charge is 0.410 e. The van der Waals surface area contributed by atoms with Crippen molar-refractivity contribution in [2.45, 2.75) is 32.8 Å². The summed E-state index contributed by atoms with van der Waals surface area (Å²) in [7, 11) is 0. The maximum Gasteiger partial charge on any atom is 0.410 e. The maximum absolute atomic E-state index is 11.5. The van der Waals surface area contributed by atoms with Crippen molar-refractivity contribution in [3.63, 3.8) is 0 Å². The third-order valence-electron chi connectivity index (χ3n) is 2.05. The summed E-state index contributed by atoms with van der Waals surface area (Å²) >= 11 is 0. The molecule has 1 amide bonds. The normalized spacial score (nSPS) is 15.0. The second-order valence-electron chi connectivity index (χ2n) is 3.96. The molecule has 0 radical (unpaired) electrons. The summed E-state index contributed by atoms with van der Waals surface area (Å²) < 4.78 is 5.09. The van der Waals surface area contributed by atoms with E-state index < -0.39 is 0 Å². The Morgan fingerprint density at radius 3 is 2.71 bits per heavy atom.